The zero-order valence-corrected chi connectivity index (χ0v) is 16.4. The number of nitrogens with zero attached hydrogens (tertiary/aromatic N) is 5. The van der Waals surface area contributed by atoms with Crippen molar-refractivity contribution in [2.24, 2.45) is 0 Å². The molecule has 8 nitrogen and oxygen atoms in total. The number of nitrogens with one attached hydrogen (secondary N) is 1. The largest absolute Gasteiger partial charge is 0.335 e. The number of carbonyl (C=O) groups excluding carboxylic acids is 1. The van der Waals surface area contributed by atoms with Crippen LogP contribution in [0.25, 0.3) is 22.2 Å². The third kappa shape index (κ3) is 2.97. The van der Waals surface area contributed by atoms with Crippen LogP contribution in [0.5, 0.6) is 0 Å². The normalized spacial score (nSPS) is 16.3. The number of aromatic amines is 1. The molecule has 0 radical (unpaired) electrons. The molecule has 0 aliphatic carbocycles. The van der Waals surface area contributed by atoms with E-state index >= 15 is 0 Å². The molecule has 150 valence electrons. The predicted octanol–water partition coefficient (Wildman–Crippen LogP) is 2.58. The van der Waals surface area contributed by atoms with Crippen LogP contribution < -0.4 is 5.56 Å². The molecular formula is C22H20N6O2. The summed E-state index contributed by atoms with van der Waals surface area (Å²) in [6, 6.07) is 11.0. The molecular weight excluding hydrogens is 380 g/mol. The summed E-state index contributed by atoms with van der Waals surface area (Å²) in [4.78, 5) is 35.8. The maximum absolute atomic E-state index is 13.2. The first-order chi connectivity index (χ1) is 14.6. The number of amides is 1. The third-order valence-corrected chi connectivity index (χ3v) is 5.62. The van der Waals surface area contributed by atoms with Crippen molar-refractivity contribution in [1.29, 1.82) is 0 Å². The van der Waals surface area contributed by atoms with Crippen molar-refractivity contribution in [1.82, 2.24) is 29.6 Å². The topological polar surface area (TPSA) is 96.8 Å². The van der Waals surface area contributed by atoms with Gasteiger partial charge in [-0.05, 0) is 31.5 Å². The number of H-pyrrole nitrogens is 1. The lowest BCUT2D eigenvalue weighted by molar-refractivity contribution is 0.0783. The van der Waals surface area contributed by atoms with Gasteiger partial charge in [0.05, 0.1) is 11.4 Å². The Morgan fingerprint density at radius 1 is 1.13 bits per heavy atom. The first kappa shape index (κ1) is 18.2. The van der Waals surface area contributed by atoms with Gasteiger partial charge in [-0.25, -0.2) is 10.1 Å². The van der Waals surface area contributed by atoms with Gasteiger partial charge in [-0.2, -0.15) is 5.10 Å². The van der Waals surface area contributed by atoms with E-state index in [-0.39, 0.29) is 23.2 Å². The van der Waals surface area contributed by atoms with Gasteiger partial charge in [-0.1, -0.05) is 18.2 Å². The van der Waals surface area contributed by atoms with Gasteiger partial charge in [0.2, 0.25) is 0 Å². The van der Waals surface area contributed by atoms with Crippen LogP contribution in [-0.2, 0) is 0 Å². The van der Waals surface area contributed by atoms with Crippen molar-refractivity contribution < 1.29 is 4.79 Å². The average Bonchev–Trinajstić information content (AvgIpc) is 3.41. The summed E-state index contributed by atoms with van der Waals surface area (Å²) in [5.41, 5.74) is 1.97. The summed E-state index contributed by atoms with van der Waals surface area (Å²) in [5, 5.41) is 7.56. The maximum atomic E-state index is 13.2. The molecule has 1 aliphatic rings. The minimum atomic E-state index is -0.295. The second-order valence-electron chi connectivity index (χ2n) is 7.48. The number of rotatable bonds is 3. The molecule has 4 aromatic rings. The van der Waals surface area contributed by atoms with Crippen LogP contribution in [0.2, 0.25) is 0 Å². The Hall–Kier alpha value is -3.81. The lowest BCUT2D eigenvalue weighted by atomic mass is 10.1. The smallest absolute Gasteiger partial charge is 0.275 e. The van der Waals surface area contributed by atoms with E-state index in [1.165, 1.54) is 0 Å². The Morgan fingerprint density at radius 3 is 2.77 bits per heavy atom. The second-order valence-corrected chi connectivity index (χ2v) is 7.48. The Balaban J connectivity index is 1.46. The first-order valence-corrected chi connectivity index (χ1v) is 9.84. The highest BCUT2D eigenvalue weighted by atomic mass is 16.2. The molecule has 4 heterocycles. The fourth-order valence-corrected chi connectivity index (χ4v) is 4.18. The molecule has 0 spiro atoms. The summed E-state index contributed by atoms with van der Waals surface area (Å²) in [7, 11) is 0. The van der Waals surface area contributed by atoms with Gasteiger partial charge < -0.3 is 9.47 Å². The van der Waals surface area contributed by atoms with E-state index in [1.54, 1.807) is 35.5 Å². The van der Waals surface area contributed by atoms with E-state index in [9.17, 15) is 9.59 Å². The lowest BCUT2D eigenvalue weighted by Crippen LogP contribution is -2.31. The molecule has 0 saturated carbocycles. The summed E-state index contributed by atoms with van der Waals surface area (Å²) >= 11 is 0. The number of hydrogen-bond donors (Lipinski definition) is 1. The minimum Gasteiger partial charge on any atom is -0.335 e. The molecule has 1 amide bonds. The number of aromatic nitrogens is 5. The number of carbonyl (C=O) groups is 1. The van der Waals surface area contributed by atoms with Crippen molar-refractivity contribution in [2.75, 3.05) is 13.1 Å². The standard InChI is InChI=1S/C22H20N6O2/c1-14-11-24-20(15-5-4-9-23-12-15)28(14)16-8-10-27(13-16)22(30)19-17-6-2-3-7-18(17)21(29)26-25-19/h2-7,9,11-12,16H,8,10,13H2,1H3,(H,26,29). The summed E-state index contributed by atoms with van der Waals surface area (Å²) < 4.78 is 2.18. The molecule has 3 aromatic heterocycles. The van der Waals surface area contributed by atoms with Crippen molar-refractivity contribution >= 4 is 16.7 Å². The molecule has 1 N–H and O–H groups in total. The third-order valence-electron chi connectivity index (χ3n) is 5.62. The van der Waals surface area contributed by atoms with Crippen LogP contribution in [0.3, 0.4) is 0 Å². The molecule has 0 bridgehead atoms. The Kier molecular flexibility index (Phi) is 4.39. The number of hydrogen-bond acceptors (Lipinski definition) is 5. The van der Waals surface area contributed by atoms with Crippen LogP contribution in [-0.4, -0.2) is 48.6 Å². The number of benzene rings is 1. The SMILES string of the molecule is Cc1cnc(-c2cccnc2)n1C1CCN(C(=O)c2n[nH]c(=O)c3ccccc23)C1. The fourth-order valence-electron chi connectivity index (χ4n) is 4.18. The highest BCUT2D eigenvalue weighted by Gasteiger charge is 2.31. The lowest BCUT2D eigenvalue weighted by Gasteiger charge is -2.19. The predicted molar refractivity (Wildman–Crippen MR) is 112 cm³/mol. The molecule has 5 rings (SSSR count). The Morgan fingerprint density at radius 2 is 1.97 bits per heavy atom. The molecule has 8 heteroatoms. The van der Waals surface area contributed by atoms with E-state index in [0.717, 1.165) is 23.5 Å². The zero-order valence-electron chi connectivity index (χ0n) is 16.4. The van der Waals surface area contributed by atoms with Crippen LogP contribution >= 0.6 is 0 Å². The Labute approximate surface area is 172 Å². The maximum Gasteiger partial charge on any atom is 0.275 e. The number of pyridine rings is 1. The van der Waals surface area contributed by atoms with E-state index in [4.69, 9.17) is 0 Å². The number of fused-ring (bicyclic) bond motifs is 1. The molecule has 1 saturated heterocycles. The first-order valence-electron chi connectivity index (χ1n) is 9.84. The fraction of sp³-hybridized carbons (Fsp3) is 0.227. The average molecular weight is 400 g/mol. The van der Waals surface area contributed by atoms with Gasteiger partial charge in [0.1, 0.15) is 5.82 Å². The Bertz CT molecular complexity index is 1290. The van der Waals surface area contributed by atoms with E-state index in [2.05, 4.69) is 24.7 Å². The van der Waals surface area contributed by atoms with E-state index in [1.807, 2.05) is 31.3 Å². The van der Waals surface area contributed by atoms with Crippen LogP contribution in [0.15, 0.2) is 59.8 Å². The highest BCUT2D eigenvalue weighted by molar-refractivity contribution is 6.04. The van der Waals surface area contributed by atoms with E-state index < -0.39 is 0 Å². The van der Waals surface area contributed by atoms with Crippen molar-refractivity contribution in [2.45, 2.75) is 19.4 Å². The van der Waals surface area contributed by atoms with Crippen molar-refractivity contribution in [3.63, 3.8) is 0 Å². The van der Waals surface area contributed by atoms with Gasteiger partial charge in [0.25, 0.3) is 11.5 Å². The second kappa shape index (κ2) is 7.22. The minimum absolute atomic E-state index is 0.112. The molecule has 1 unspecified atom stereocenters. The highest BCUT2D eigenvalue weighted by Crippen LogP contribution is 2.30. The molecule has 1 fully saturated rings. The quantitative estimate of drug-likeness (QED) is 0.570. The molecule has 30 heavy (non-hydrogen) atoms. The van der Waals surface area contributed by atoms with Crippen LogP contribution in [0.1, 0.15) is 28.6 Å². The molecule has 1 aliphatic heterocycles. The van der Waals surface area contributed by atoms with Gasteiger partial charge >= 0.3 is 0 Å². The zero-order chi connectivity index (χ0) is 20.7. The molecule has 1 aromatic carbocycles. The summed E-state index contributed by atoms with van der Waals surface area (Å²) in [6.07, 6.45) is 6.20. The number of aryl methyl sites for hydroxylation is 1. The summed E-state index contributed by atoms with van der Waals surface area (Å²) in [5.74, 6) is 0.679. The number of likely N-dealkylation sites (tertiary alicyclic amines) is 1. The molecule has 1 atom stereocenters. The van der Waals surface area contributed by atoms with Gasteiger partial charge in [0, 0.05) is 48.3 Å². The van der Waals surface area contributed by atoms with Gasteiger partial charge in [-0.15, -0.1) is 0 Å². The van der Waals surface area contributed by atoms with Crippen molar-refractivity contribution in [3.05, 3.63) is 76.7 Å². The van der Waals surface area contributed by atoms with Crippen molar-refractivity contribution in [3.8, 4) is 11.4 Å². The van der Waals surface area contributed by atoms with Crippen LogP contribution in [0, 0.1) is 6.92 Å². The van der Waals surface area contributed by atoms with Gasteiger partial charge in [-0.3, -0.25) is 14.6 Å². The van der Waals surface area contributed by atoms with Crippen LogP contribution in [0.4, 0.5) is 0 Å². The summed E-state index contributed by atoms with van der Waals surface area (Å²) in [6.45, 7) is 3.19. The van der Waals surface area contributed by atoms with E-state index in [0.29, 0.717) is 23.9 Å². The van der Waals surface area contributed by atoms with Gasteiger partial charge in [0.15, 0.2) is 5.69 Å². The monoisotopic (exact) mass is 400 g/mol. The number of imidazole rings is 1.